The summed E-state index contributed by atoms with van der Waals surface area (Å²) in [6.45, 7) is 3.52. The molecule has 0 aliphatic carbocycles. The third kappa shape index (κ3) is 3.13. The zero-order chi connectivity index (χ0) is 15.6. The van der Waals surface area contributed by atoms with Crippen LogP contribution in [0.4, 0.5) is 4.39 Å². The predicted molar refractivity (Wildman–Crippen MR) is 91.9 cm³/mol. The van der Waals surface area contributed by atoms with Crippen LogP contribution < -0.4 is 0 Å². The molecule has 0 spiro atoms. The van der Waals surface area contributed by atoms with Gasteiger partial charge in [-0.3, -0.25) is 0 Å². The largest absolute Gasteiger partial charge is 0.379 e. The second-order valence-corrected chi connectivity index (χ2v) is 6.72. The van der Waals surface area contributed by atoms with Gasteiger partial charge in [-0.2, -0.15) is 0 Å². The Morgan fingerprint density at radius 2 is 1.83 bits per heavy atom. The average molecular weight is 328 g/mol. The van der Waals surface area contributed by atoms with E-state index < -0.39 is 0 Å². The van der Waals surface area contributed by atoms with Crippen LogP contribution in [0.25, 0.3) is 22.0 Å². The monoisotopic (exact) mass is 328 g/mol. The number of ether oxygens (including phenoxy) is 1. The highest BCUT2D eigenvalue weighted by Gasteiger charge is 2.12. The van der Waals surface area contributed by atoms with Crippen LogP contribution in [0.15, 0.2) is 53.6 Å². The fraction of sp³-hybridized carbons (Fsp3) is 0.222. The number of aromatic amines is 1. The second-order valence-electron chi connectivity index (χ2n) is 5.55. The van der Waals surface area contributed by atoms with Crippen molar-refractivity contribution >= 4 is 22.9 Å². The van der Waals surface area contributed by atoms with Gasteiger partial charge in [-0.1, -0.05) is 12.1 Å². The smallest absolute Gasteiger partial charge is 0.125 e. The molecule has 23 heavy (non-hydrogen) atoms. The topological polar surface area (TPSA) is 28.3 Å². The number of rotatable bonds is 3. The summed E-state index contributed by atoms with van der Waals surface area (Å²) in [5.74, 6) is -0.219. The third-order valence-corrected chi connectivity index (χ3v) is 5.12. The van der Waals surface area contributed by atoms with Crippen molar-refractivity contribution < 1.29 is 9.13 Å². The number of hydrogen-bond acceptors (Lipinski definition) is 3. The molecule has 0 bridgehead atoms. The number of halogens is 1. The van der Waals surface area contributed by atoms with Crippen LogP contribution in [0.1, 0.15) is 0 Å². The Labute approximate surface area is 138 Å². The first kappa shape index (κ1) is 14.8. The Morgan fingerprint density at radius 3 is 2.61 bits per heavy atom. The zero-order valence-corrected chi connectivity index (χ0v) is 13.4. The Bertz CT molecular complexity index is 810. The molecule has 0 radical (unpaired) electrons. The van der Waals surface area contributed by atoms with E-state index in [9.17, 15) is 4.39 Å². The van der Waals surface area contributed by atoms with Crippen molar-refractivity contribution in [1.29, 1.82) is 0 Å². The van der Waals surface area contributed by atoms with E-state index in [0.717, 1.165) is 48.3 Å². The van der Waals surface area contributed by atoms with Gasteiger partial charge in [0.2, 0.25) is 0 Å². The standard InChI is InChI=1S/C18H17FN2OS/c19-14-3-6-16-17(12-20-18(16)11-14)13-1-4-15(5-2-13)23-21-7-9-22-10-8-21/h1-6,11-12,20H,7-10H2. The lowest BCUT2D eigenvalue weighted by molar-refractivity contribution is 0.0773. The molecule has 1 aromatic heterocycles. The Morgan fingerprint density at radius 1 is 1.04 bits per heavy atom. The predicted octanol–water partition coefficient (Wildman–Crippen LogP) is 4.31. The number of H-pyrrole nitrogens is 1. The van der Waals surface area contributed by atoms with Gasteiger partial charge in [0.25, 0.3) is 0 Å². The third-order valence-electron chi connectivity index (χ3n) is 4.01. The van der Waals surface area contributed by atoms with E-state index in [-0.39, 0.29) is 5.82 Å². The number of nitrogens with zero attached hydrogens (tertiary/aromatic N) is 1. The summed E-state index contributed by atoms with van der Waals surface area (Å²) in [5.41, 5.74) is 3.06. The summed E-state index contributed by atoms with van der Waals surface area (Å²) in [6, 6.07) is 13.4. The highest BCUT2D eigenvalue weighted by atomic mass is 32.2. The molecule has 1 aliphatic rings. The van der Waals surface area contributed by atoms with Gasteiger partial charge in [-0.05, 0) is 47.8 Å². The van der Waals surface area contributed by atoms with Crippen molar-refractivity contribution in [3.63, 3.8) is 0 Å². The minimum Gasteiger partial charge on any atom is -0.379 e. The van der Waals surface area contributed by atoms with Gasteiger partial charge in [0.05, 0.1) is 13.2 Å². The van der Waals surface area contributed by atoms with Gasteiger partial charge in [0.1, 0.15) is 5.82 Å². The van der Waals surface area contributed by atoms with Crippen molar-refractivity contribution in [2.24, 2.45) is 0 Å². The molecule has 5 heteroatoms. The number of benzene rings is 2. The average Bonchev–Trinajstić information content (AvgIpc) is 2.99. The summed E-state index contributed by atoms with van der Waals surface area (Å²) in [4.78, 5) is 4.36. The van der Waals surface area contributed by atoms with Crippen molar-refractivity contribution in [2.75, 3.05) is 26.3 Å². The highest BCUT2D eigenvalue weighted by Crippen LogP contribution is 2.31. The van der Waals surface area contributed by atoms with E-state index in [0.29, 0.717) is 0 Å². The van der Waals surface area contributed by atoms with Crippen LogP contribution in [0, 0.1) is 5.82 Å². The molecular weight excluding hydrogens is 311 g/mol. The Kier molecular flexibility index (Phi) is 4.08. The van der Waals surface area contributed by atoms with Crippen molar-refractivity contribution in [2.45, 2.75) is 4.90 Å². The minimum absolute atomic E-state index is 0.219. The van der Waals surface area contributed by atoms with Gasteiger partial charge >= 0.3 is 0 Å². The molecule has 118 valence electrons. The van der Waals surface area contributed by atoms with Crippen LogP contribution in [0.5, 0.6) is 0 Å². The molecule has 2 heterocycles. The number of fused-ring (bicyclic) bond motifs is 1. The molecule has 0 unspecified atom stereocenters. The van der Waals surface area contributed by atoms with Crippen molar-refractivity contribution in [3.8, 4) is 11.1 Å². The molecule has 0 saturated carbocycles. The van der Waals surface area contributed by atoms with Crippen LogP contribution >= 0.6 is 11.9 Å². The van der Waals surface area contributed by atoms with Crippen molar-refractivity contribution in [3.05, 3.63) is 54.5 Å². The summed E-state index contributed by atoms with van der Waals surface area (Å²) in [6.07, 6.45) is 1.94. The highest BCUT2D eigenvalue weighted by molar-refractivity contribution is 7.97. The van der Waals surface area contributed by atoms with E-state index in [4.69, 9.17) is 4.74 Å². The number of hydrogen-bond donors (Lipinski definition) is 1. The number of nitrogens with one attached hydrogen (secondary N) is 1. The van der Waals surface area contributed by atoms with E-state index >= 15 is 0 Å². The second kappa shape index (κ2) is 6.35. The molecule has 0 atom stereocenters. The molecule has 1 saturated heterocycles. The fourth-order valence-electron chi connectivity index (χ4n) is 2.82. The van der Waals surface area contributed by atoms with Gasteiger partial charge in [0.15, 0.2) is 0 Å². The normalized spacial score (nSPS) is 16.0. The summed E-state index contributed by atoms with van der Waals surface area (Å²) in [7, 11) is 0. The molecule has 2 aromatic carbocycles. The Balaban J connectivity index is 1.57. The maximum absolute atomic E-state index is 13.3. The van der Waals surface area contributed by atoms with Gasteiger partial charge in [-0.15, -0.1) is 0 Å². The molecule has 0 amide bonds. The molecular formula is C18H17FN2OS. The lowest BCUT2D eigenvalue weighted by atomic mass is 10.1. The first-order chi connectivity index (χ1) is 11.3. The molecule has 3 aromatic rings. The number of morpholine rings is 1. The quantitative estimate of drug-likeness (QED) is 0.726. The van der Waals surface area contributed by atoms with E-state index in [2.05, 4.69) is 33.6 Å². The summed E-state index contributed by atoms with van der Waals surface area (Å²) >= 11 is 1.77. The van der Waals surface area contributed by atoms with E-state index in [1.165, 1.54) is 17.0 Å². The van der Waals surface area contributed by atoms with Gasteiger partial charge < -0.3 is 9.72 Å². The SMILES string of the molecule is Fc1ccc2c(-c3ccc(SN4CCOCC4)cc3)c[nH]c2c1. The van der Waals surface area contributed by atoms with E-state index in [1.54, 1.807) is 11.9 Å². The van der Waals surface area contributed by atoms with E-state index in [1.807, 2.05) is 12.3 Å². The molecule has 1 fully saturated rings. The molecule has 1 aliphatic heterocycles. The maximum Gasteiger partial charge on any atom is 0.125 e. The molecule has 3 nitrogen and oxygen atoms in total. The van der Waals surface area contributed by atoms with Crippen LogP contribution in [-0.2, 0) is 4.74 Å². The van der Waals surface area contributed by atoms with Gasteiger partial charge in [0, 0.05) is 40.6 Å². The lowest BCUT2D eigenvalue weighted by Gasteiger charge is -2.25. The zero-order valence-electron chi connectivity index (χ0n) is 12.6. The van der Waals surface area contributed by atoms with Crippen LogP contribution in [-0.4, -0.2) is 35.6 Å². The van der Waals surface area contributed by atoms with Gasteiger partial charge in [-0.25, -0.2) is 8.70 Å². The first-order valence-electron chi connectivity index (χ1n) is 7.67. The summed E-state index contributed by atoms with van der Waals surface area (Å²) in [5, 5.41) is 1.04. The first-order valence-corrected chi connectivity index (χ1v) is 8.45. The minimum atomic E-state index is -0.219. The lowest BCUT2D eigenvalue weighted by Crippen LogP contribution is -2.30. The molecule has 4 rings (SSSR count). The van der Waals surface area contributed by atoms with Crippen molar-refractivity contribution in [1.82, 2.24) is 9.29 Å². The maximum atomic E-state index is 13.3. The summed E-state index contributed by atoms with van der Waals surface area (Å²) < 4.78 is 21.0. The molecule has 1 N–H and O–H groups in total. The van der Waals surface area contributed by atoms with Crippen LogP contribution in [0.3, 0.4) is 0 Å². The number of aromatic nitrogens is 1. The van der Waals surface area contributed by atoms with Crippen LogP contribution in [0.2, 0.25) is 0 Å². The Hall–Kier alpha value is -1.82. The fourth-order valence-corrected chi connectivity index (χ4v) is 3.71.